The summed E-state index contributed by atoms with van der Waals surface area (Å²) in [5.74, 6) is 0.182. The summed E-state index contributed by atoms with van der Waals surface area (Å²) in [4.78, 5) is 32.6. The lowest BCUT2D eigenvalue weighted by molar-refractivity contribution is -0.137. The SMILES string of the molecule is Cc1nccc(CNC(=O)N2CCC(CCC(=O)O)C2)n1. The van der Waals surface area contributed by atoms with Gasteiger partial charge in [0.1, 0.15) is 5.82 Å². The second kappa shape index (κ2) is 7.01. The molecule has 2 N–H and O–H groups in total. The summed E-state index contributed by atoms with van der Waals surface area (Å²) in [5, 5.41) is 11.5. The molecule has 0 aromatic carbocycles. The lowest BCUT2D eigenvalue weighted by Gasteiger charge is -2.17. The smallest absolute Gasteiger partial charge is 0.317 e. The lowest BCUT2D eigenvalue weighted by atomic mass is 10.0. The first-order valence-corrected chi connectivity index (χ1v) is 7.07. The van der Waals surface area contributed by atoms with Crippen LogP contribution in [-0.2, 0) is 11.3 Å². The number of urea groups is 1. The number of carbonyl (C=O) groups is 2. The van der Waals surface area contributed by atoms with E-state index in [0.717, 1.165) is 12.1 Å². The first-order valence-electron chi connectivity index (χ1n) is 7.07. The van der Waals surface area contributed by atoms with Crippen LogP contribution in [-0.4, -0.2) is 45.1 Å². The number of likely N-dealkylation sites (tertiary alicyclic amines) is 1. The van der Waals surface area contributed by atoms with E-state index in [0.29, 0.717) is 31.9 Å². The van der Waals surface area contributed by atoms with Gasteiger partial charge in [-0.05, 0) is 31.7 Å². The zero-order chi connectivity index (χ0) is 15.2. The average molecular weight is 292 g/mol. The third kappa shape index (κ3) is 4.70. The number of aryl methyl sites for hydroxylation is 1. The number of hydrogen-bond acceptors (Lipinski definition) is 4. The molecule has 2 rings (SSSR count). The Morgan fingerprint density at radius 1 is 1.52 bits per heavy atom. The van der Waals surface area contributed by atoms with Crippen LogP contribution < -0.4 is 5.32 Å². The molecule has 114 valence electrons. The third-order valence-electron chi connectivity index (χ3n) is 3.59. The molecule has 7 nitrogen and oxygen atoms in total. The Labute approximate surface area is 123 Å². The lowest BCUT2D eigenvalue weighted by Crippen LogP contribution is -2.38. The van der Waals surface area contributed by atoms with Gasteiger partial charge in [0.2, 0.25) is 0 Å². The minimum atomic E-state index is -0.781. The minimum Gasteiger partial charge on any atom is -0.481 e. The van der Waals surface area contributed by atoms with Crippen molar-refractivity contribution in [1.82, 2.24) is 20.2 Å². The fourth-order valence-corrected chi connectivity index (χ4v) is 2.46. The predicted molar refractivity (Wildman–Crippen MR) is 75.6 cm³/mol. The number of hydrogen-bond donors (Lipinski definition) is 2. The van der Waals surface area contributed by atoms with E-state index in [9.17, 15) is 9.59 Å². The van der Waals surface area contributed by atoms with Crippen molar-refractivity contribution in [3.63, 3.8) is 0 Å². The molecule has 1 saturated heterocycles. The maximum absolute atomic E-state index is 12.0. The summed E-state index contributed by atoms with van der Waals surface area (Å²) in [5.41, 5.74) is 0.775. The number of nitrogens with one attached hydrogen (secondary N) is 1. The van der Waals surface area contributed by atoms with Crippen LogP contribution in [0.15, 0.2) is 12.3 Å². The Hall–Kier alpha value is -2.18. The maximum Gasteiger partial charge on any atom is 0.317 e. The zero-order valence-corrected chi connectivity index (χ0v) is 12.1. The first kappa shape index (κ1) is 15.2. The number of nitrogens with zero attached hydrogens (tertiary/aromatic N) is 3. The summed E-state index contributed by atoms with van der Waals surface area (Å²) in [6.07, 6.45) is 3.33. The van der Waals surface area contributed by atoms with Crippen LogP contribution >= 0.6 is 0 Å². The second-order valence-electron chi connectivity index (χ2n) is 5.29. The highest BCUT2D eigenvalue weighted by atomic mass is 16.4. The van der Waals surface area contributed by atoms with Gasteiger partial charge in [0.05, 0.1) is 12.2 Å². The van der Waals surface area contributed by atoms with Gasteiger partial charge in [0, 0.05) is 25.7 Å². The fourth-order valence-electron chi connectivity index (χ4n) is 2.46. The van der Waals surface area contributed by atoms with E-state index in [2.05, 4.69) is 15.3 Å². The Kier molecular flexibility index (Phi) is 5.08. The highest BCUT2D eigenvalue weighted by molar-refractivity contribution is 5.74. The van der Waals surface area contributed by atoms with Gasteiger partial charge in [-0.3, -0.25) is 4.79 Å². The molecule has 1 aromatic heterocycles. The number of amides is 2. The van der Waals surface area contributed by atoms with Gasteiger partial charge in [-0.25, -0.2) is 14.8 Å². The highest BCUT2D eigenvalue weighted by Crippen LogP contribution is 2.20. The van der Waals surface area contributed by atoms with Crippen LogP contribution in [0.3, 0.4) is 0 Å². The summed E-state index contributed by atoms with van der Waals surface area (Å²) in [6.45, 7) is 3.48. The zero-order valence-electron chi connectivity index (χ0n) is 12.1. The van der Waals surface area contributed by atoms with Crippen molar-refractivity contribution in [2.24, 2.45) is 5.92 Å². The van der Waals surface area contributed by atoms with Crippen molar-refractivity contribution < 1.29 is 14.7 Å². The fraction of sp³-hybridized carbons (Fsp3) is 0.571. The molecule has 0 saturated carbocycles. The van der Waals surface area contributed by atoms with Crippen molar-refractivity contribution in [1.29, 1.82) is 0 Å². The summed E-state index contributed by atoms with van der Waals surface area (Å²) in [7, 11) is 0. The van der Waals surface area contributed by atoms with Crippen LogP contribution in [0.5, 0.6) is 0 Å². The van der Waals surface area contributed by atoms with E-state index in [-0.39, 0.29) is 18.4 Å². The topological polar surface area (TPSA) is 95.4 Å². The molecule has 2 heterocycles. The highest BCUT2D eigenvalue weighted by Gasteiger charge is 2.26. The molecule has 0 spiro atoms. The van der Waals surface area contributed by atoms with Gasteiger partial charge in [-0.1, -0.05) is 0 Å². The van der Waals surface area contributed by atoms with Crippen LogP contribution in [0.25, 0.3) is 0 Å². The Morgan fingerprint density at radius 3 is 3.05 bits per heavy atom. The Morgan fingerprint density at radius 2 is 2.33 bits per heavy atom. The summed E-state index contributed by atoms with van der Waals surface area (Å²) in [6, 6.07) is 1.65. The molecule has 0 aliphatic carbocycles. The molecule has 1 fully saturated rings. The Balaban J connectivity index is 1.75. The van der Waals surface area contributed by atoms with E-state index < -0.39 is 5.97 Å². The normalized spacial score (nSPS) is 17.8. The predicted octanol–water partition coefficient (Wildman–Crippen LogP) is 1.18. The molecular weight excluding hydrogens is 272 g/mol. The van der Waals surface area contributed by atoms with Gasteiger partial charge in [0.15, 0.2) is 0 Å². The molecule has 0 radical (unpaired) electrons. The summed E-state index contributed by atoms with van der Waals surface area (Å²) >= 11 is 0. The molecule has 2 amide bonds. The second-order valence-corrected chi connectivity index (χ2v) is 5.29. The number of carboxylic acids is 1. The largest absolute Gasteiger partial charge is 0.481 e. The standard InChI is InChI=1S/C14H20N4O3/c1-10-15-6-4-12(17-10)8-16-14(21)18-7-5-11(9-18)2-3-13(19)20/h4,6,11H,2-3,5,7-9H2,1H3,(H,16,21)(H,19,20). The van der Waals surface area contributed by atoms with Gasteiger partial charge in [-0.15, -0.1) is 0 Å². The molecule has 0 bridgehead atoms. The van der Waals surface area contributed by atoms with Gasteiger partial charge in [-0.2, -0.15) is 0 Å². The average Bonchev–Trinajstić information content (AvgIpc) is 2.91. The number of carboxylic acid groups (broad SMARTS) is 1. The van der Waals surface area contributed by atoms with E-state index in [1.807, 2.05) is 0 Å². The van der Waals surface area contributed by atoms with Crippen molar-refractivity contribution in [2.45, 2.75) is 32.7 Å². The summed E-state index contributed by atoms with van der Waals surface area (Å²) < 4.78 is 0. The monoisotopic (exact) mass is 292 g/mol. The molecule has 1 aliphatic heterocycles. The molecular formula is C14H20N4O3. The van der Waals surface area contributed by atoms with Crippen molar-refractivity contribution >= 4 is 12.0 Å². The number of carbonyl (C=O) groups excluding carboxylic acids is 1. The van der Waals surface area contributed by atoms with E-state index in [1.54, 1.807) is 24.1 Å². The number of aliphatic carboxylic acids is 1. The molecule has 1 atom stereocenters. The molecule has 7 heteroatoms. The van der Waals surface area contributed by atoms with Crippen LogP contribution in [0.1, 0.15) is 30.8 Å². The molecule has 21 heavy (non-hydrogen) atoms. The molecule has 1 aliphatic rings. The van der Waals surface area contributed by atoms with Gasteiger partial charge >= 0.3 is 12.0 Å². The van der Waals surface area contributed by atoms with Gasteiger partial charge < -0.3 is 15.3 Å². The van der Waals surface area contributed by atoms with Gasteiger partial charge in [0.25, 0.3) is 0 Å². The van der Waals surface area contributed by atoms with Crippen molar-refractivity contribution in [3.05, 3.63) is 23.8 Å². The molecule has 1 aromatic rings. The van der Waals surface area contributed by atoms with E-state index in [4.69, 9.17) is 5.11 Å². The minimum absolute atomic E-state index is 0.121. The molecule has 1 unspecified atom stereocenters. The third-order valence-corrected chi connectivity index (χ3v) is 3.59. The Bertz CT molecular complexity index is 521. The van der Waals surface area contributed by atoms with Crippen LogP contribution in [0, 0.1) is 12.8 Å². The van der Waals surface area contributed by atoms with E-state index in [1.165, 1.54) is 0 Å². The number of aromatic nitrogens is 2. The van der Waals surface area contributed by atoms with Crippen molar-refractivity contribution in [2.75, 3.05) is 13.1 Å². The van der Waals surface area contributed by atoms with Crippen LogP contribution in [0.2, 0.25) is 0 Å². The number of rotatable bonds is 5. The quantitative estimate of drug-likeness (QED) is 0.849. The van der Waals surface area contributed by atoms with Crippen LogP contribution in [0.4, 0.5) is 4.79 Å². The van der Waals surface area contributed by atoms with Crippen molar-refractivity contribution in [3.8, 4) is 0 Å². The van der Waals surface area contributed by atoms with E-state index >= 15 is 0 Å². The maximum atomic E-state index is 12.0. The first-order chi connectivity index (χ1) is 10.0.